The summed E-state index contributed by atoms with van der Waals surface area (Å²) in [6, 6.07) is -0.0735. The summed E-state index contributed by atoms with van der Waals surface area (Å²) in [7, 11) is 0. The first-order chi connectivity index (χ1) is 15.0. The molecule has 2 amide bonds. The number of nitrogens with zero attached hydrogens (tertiary/aromatic N) is 4. The van der Waals surface area contributed by atoms with Gasteiger partial charge >= 0.3 is 6.03 Å². The molecule has 4 N–H and O–H groups in total. The molecular weight excluding hydrogens is 392 g/mol. The van der Waals surface area contributed by atoms with E-state index in [4.69, 9.17) is 21.2 Å². The molecule has 2 aliphatic rings. The van der Waals surface area contributed by atoms with Crippen LogP contribution in [0.3, 0.4) is 0 Å². The van der Waals surface area contributed by atoms with Crippen molar-refractivity contribution in [3.8, 4) is 0 Å². The first-order valence-electron chi connectivity index (χ1n) is 11.7. The molecule has 2 fully saturated rings. The SMILES string of the molecule is Cc1nc(N)c2nc(CC3CC3)n(CCOCCN(C(N)=O)C3CCCCC3)c2c1C. The smallest absolute Gasteiger partial charge is 0.315 e. The van der Waals surface area contributed by atoms with E-state index in [1.807, 2.05) is 6.92 Å². The minimum absolute atomic E-state index is 0.263. The van der Waals surface area contributed by atoms with Crippen LogP contribution in [-0.2, 0) is 17.7 Å². The van der Waals surface area contributed by atoms with Gasteiger partial charge in [-0.05, 0) is 51.0 Å². The zero-order valence-electron chi connectivity index (χ0n) is 18.9. The van der Waals surface area contributed by atoms with Gasteiger partial charge in [0.2, 0.25) is 0 Å². The lowest BCUT2D eigenvalue weighted by molar-refractivity contribution is 0.0877. The predicted octanol–water partition coefficient (Wildman–Crippen LogP) is 3.31. The van der Waals surface area contributed by atoms with E-state index in [1.54, 1.807) is 4.90 Å². The molecule has 8 heteroatoms. The van der Waals surface area contributed by atoms with Gasteiger partial charge in [0.1, 0.15) is 11.3 Å². The second-order valence-electron chi connectivity index (χ2n) is 9.17. The highest BCUT2D eigenvalue weighted by Crippen LogP contribution is 2.34. The van der Waals surface area contributed by atoms with Gasteiger partial charge in [0.25, 0.3) is 0 Å². The number of nitrogens with two attached hydrogens (primary N) is 2. The van der Waals surface area contributed by atoms with Gasteiger partial charge in [0.05, 0.1) is 18.7 Å². The van der Waals surface area contributed by atoms with Crippen molar-refractivity contribution in [2.24, 2.45) is 11.7 Å². The topological polar surface area (TPSA) is 112 Å². The van der Waals surface area contributed by atoms with Crippen molar-refractivity contribution < 1.29 is 9.53 Å². The van der Waals surface area contributed by atoms with Gasteiger partial charge in [0, 0.05) is 31.2 Å². The number of fused-ring (bicyclic) bond motifs is 1. The van der Waals surface area contributed by atoms with Gasteiger partial charge in [-0.3, -0.25) is 0 Å². The number of aromatic nitrogens is 3. The molecule has 0 aromatic carbocycles. The van der Waals surface area contributed by atoms with Crippen LogP contribution in [0.1, 0.15) is 62.0 Å². The van der Waals surface area contributed by atoms with E-state index in [-0.39, 0.29) is 12.1 Å². The molecule has 0 bridgehead atoms. The molecule has 4 rings (SSSR count). The number of carbonyl (C=O) groups excluding carboxylic acids is 1. The van der Waals surface area contributed by atoms with Gasteiger partial charge in [-0.15, -0.1) is 0 Å². The molecule has 0 radical (unpaired) electrons. The molecule has 170 valence electrons. The van der Waals surface area contributed by atoms with Crippen LogP contribution in [0.2, 0.25) is 0 Å². The molecule has 0 aliphatic heterocycles. The number of primary amides is 1. The third-order valence-corrected chi connectivity index (χ3v) is 6.88. The first-order valence-corrected chi connectivity index (χ1v) is 11.7. The summed E-state index contributed by atoms with van der Waals surface area (Å²) in [5, 5.41) is 0. The average molecular weight is 429 g/mol. The summed E-state index contributed by atoms with van der Waals surface area (Å²) >= 11 is 0. The fourth-order valence-electron chi connectivity index (χ4n) is 4.81. The summed E-state index contributed by atoms with van der Waals surface area (Å²) in [6.07, 6.45) is 9.20. The highest BCUT2D eigenvalue weighted by Gasteiger charge is 2.26. The Hall–Kier alpha value is -2.35. The first kappa shape index (κ1) is 21.9. The van der Waals surface area contributed by atoms with Crippen LogP contribution in [0.25, 0.3) is 11.0 Å². The second-order valence-corrected chi connectivity index (χ2v) is 9.17. The maximum Gasteiger partial charge on any atom is 0.315 e. The molecule has 0 unspecified atom stereocenters. The molecule has 8 nitrogen and oxygen atoms in total. The second kappa shape index (κ2) is 9.42. The third kappa shape index (κ3) is 4.95. The monoisotopic (exact) mass is 428 g/mol. The van der Waals surface area contributed by atoms with E-state index in [0.717, 1.165) is 53.3 Å². The minimum atomic E-state index is -0.336. The Kier molecular flexibility index (Phi) is 6.65. The molecule has 2 heterocycles. The lowest BCUT2D eigenvalue weighted by Crippen LogP contribution is -2.46. The number of ether oxygens (including phenoxy) is 1. The number of hydrogen-bond acceptors (Lipinski definition) is 5. The zero-order chi connectivity index (χ0) is 22.0. The quantitative estimate of drug-likeness (QED) is 0.595. The average Bonchev–Trinajstić information content (AvgIpc) is 3.49. The van der Waals surface area contributed by atoms with Crippen molar-refractivity contribution in [3.63, 3.8) is 0 Å². The molecular formula is C23H36N6O2. The van der Waals surface area contributed by atoms with E-state index in [1.165, 1.54) is 32.1 Å². The largest absolute Gasteiger partial charge is 0.382 e. The number of pyridine rings is 1. The fraction of sp³-hybridized carbons (Fsp3) is 0.696. The third-order valence-electron chi connectivity index (χ3n) is 6.88. The maximum absolute atomic E-state index is 11.9. The molecule has 2 aromatic heterocycles. The Bertz CT molecular complexity index is 930. The van der Waals surface area contributed by atoms with E-state index in [0.29, 0.717) is 32.1 Å². The molecule has 2 aliphatic carbocycles. The minimum Gasteiger partial charge on any atom is -0.382 e. The standard InChI is InChI=1S/C23H36N6O2/c1-15-16(2)26-22(24)20-21(15)29(19(27-20)14-17-8-9-17)11-13-31-12-10-28(23(25)30)18-6-4-3-5-7-18/h17-18H,3-14H2,1-2H3,(H2,24,26)(H2,25,30). The van der Waals surface area contributed by atoms with Crippen molar-refractivity contribution in [2.45, 2.75) is 77.8 Å². The molecule has 0 spiro atoms. The van der Waals surface area contributed by atoms with Crippen molar-refractivity contribution in [2.75, 3.05) is 25.5 Å². The number of rotatable bonds is 9. The van der Waals surface area contributed by atoms with E-state index >= 15 is 0 Å². The summed E-state index contributed by atoms with van der Waals surface area (Å²) < 4.78 is 8.22. The number of urea groups is 1. The Balaban J connectivity index is 1.40. The predicted molar refractivity (Wildman–Crippen MR) is 122 cm³/mol. The van der Waals surface area contributed by atoms with Gasteiger partial charge in [-0.1, -0.05) is 19.3 Å². The number of aryl methyl sites for hydroxylation is 2. The Morgan fingerprint density at radius 2 is 1.87 bits per heavy atom. The number of carbonyl (C=O) groups is 1. The summed E-state index contributed by atoms with van der Waals surface area (Å²) in [6.45, 7) is 6.38. The van der Waals surface area contributed by atoms with Crippen molar-refractivity contribution in [1.29, 1.82) is 0 Å². The number of imidazole rings is 1. The van der Waals surface area contributed by atoms with Crippen LogP contribution in [-0.4, -0.2) is 51.3 Å². The summed E-state index contributed by atoms with van der Waals surface area (Å²) in [5.74, 6) is 2.30. The molecule has 2 aromatic rings. The van der Waals surface area contributed by atoms with Crippen LogP contribution in [0.5, 0.6) is 0 Å². The Labute approximate surface area is 184 Å². The number of hydrogen-bond donors (Lipinski definition) is 2. The van der Waals surface area contributed by atoms with E-state index < -0.39 is 0 Å². The lowest BCUT2D eigenvalue weighted by atomic mass is 9.94. The highest BCUT2D eigenvalue weighted by molar-refractivity contribution is 5.88. The maximum atomic E-state index is 11.9. The summed E-state index contributed by atoms with van der Waals surface area (Å²) in [5.41, 5.74) is 15.8. The van der Waals surface area contributed by atoms with Crippen molar-refractivity contribution >= 4 is 22.9 Å². The summed E-state index contributed by atoms with van der Waals surface area (Å²) in [4.78, 5) is 23.0. The number of amides is 2. The molecule has 0 saturated heterocycles. The van der Waals surface area contributed by atoms with Gasteiger partial charge < -0.3 is 25.7 Å². The highest BCUT2D eigenvalue weighted by atomic mass is 16.5. The van der Waals surface area contributed by atoms with Gasteiger partial charge in [-0.2, -0.15) is 0 Å². The van der Waals surface area contributed by atoms with Crippen LogP contribution in [0.4, 0.5) is 10.6 Å². The molecule has 31 heavy (non-hydrogen) atoms. The number of nitrogen functional groups attached to an aromatic ring is 1. The van der Waals surface area contributed by atoms with Gasteiger partial charge in [0.15, 0.2) is 5.82 Å². The molecule has 2 saturated carbocycles. The van der Waals surface area contributed by atoms with Crippen molar-refractivity contribution in [1.82, 2.24) is 19.4 Å². The number of anilines is 1. The lowest BCUT2D eigenvalue weighted by Gasteiger charge is -2.33. The van der Waals surface area contributed by atoms with E-state index in [9.17, 15) is 4.79 Å². The molecule has 0 atom stereocenters. The zero-order valence-corrected chi connectivity index (χ0v) is 18.9. The Morgan fingerprint density at radius 1 is 1.13 bits per heavy atom. The van der Waals surface area contributed by atoms with Crippen LogP contribution >= 0.6 is 0 Å². The fourth-order valence-corrected chi connectivity index (χ4v) is 4.81. The van der Waals surface area contributed by atoms with Crippen molar-refractivity contribution in [3.05, 3.63) is 17.1 Å². The van der Waals surface area contributed by atoms with Gasteiger partial charge in [-0.25, -0.2) is 14.8 Å². The van der Waals surface area contributed by atoms with E-state index in [2.05, 4.69) is 16.5 Å². The Morgan fingerprint density at radius 3 is 2.55 bits per heavy atom. The van der Waals surface area contributed by atoms with Crippen LogP contribution in [0, 0.1) is 19.8 Å². The van der Waals surface area contributed by atoms with Crippen LogP contribution in [0.15, 0.2) is 0 Å². The normalized spacial score (nSPS) is 17.4. The van der Waals surface area contributed by atoms with Crippen LogP contribution < -0.4 is 11.5 Å².